The van der Waals surface area contributed by atoms with Crippen molar-refractivity contribution in [2.24, 2.45) is 0 Å². The Morgan fingerprint density at radius 2 is 1.87 bits per heavy atom. The maximum atomic E-state index is 13.1. The van der Waals surface area contributed by atoms with Crippen molar-refractivity contribution in [2.45, 2.75) is 56.3 Å². The van der Waals surface area contributed by atoms with Crippen LogP contribution in [-0.4, -0.2) is 22.6 Å². The number of rotatable bonds is 1. The van der Waals surface area contributed by atoms with Crippen LogP contribution in [0.3, 0.4) is 0 Å². The number of piperidine rings is 1. The molecule has 0 unspecified atom stereocenters. The number of hydrogen-bond donors (Lipinski definition) is 1. The molecule has 154 valence electrons. The highest BCUT2D eigenvalue weighted by atomic mass is 79.9. The van der Waals surface area contributed by atoms with Gasteiger partial charge in [0.05, 0.1) is 22.0 Å². The molecule has 0 radical (unpaired) electrons. The second-order valence-electron chi connectivity index (χ2n) is 9.15. The van der Waals surface area contributed by atoms with Crippen molar-refractivity contribution in [3.8, 4) is 5.69 Å². The van der Waals surface area contributed by atoms with Gasteiger partial charge in [-0.1, -0.05) is 37.5 Å². The van der Waals surface area contributed by atoms with Gasteiger partial charge in [-0.15, -0.1) is 0 Å². The van der Waals surface area contributed by atoms with Crippen LogP contribution in [0.5, 0.6) is 0 Å². The zero-order valence-corrected chi connectivity index (χ0v) is 18.7. The lowest BCUT2D eigenvalue weighted by Crippen LogP contribution is -2.32. The van der Waals surface area contributed by atoms with E-state index < -0.39 is 0 Å². The van der Waals surface area contributed by atoms with Gasteiger partial charge in [0.2, 0.25) is 0 Å². The van der Waals surface area contributed by atoms with Crippen LogP contribution in [0.2, 0.25) is 0 Å². The van der Waals surface area contributed by atoms with Gasteiger partial charge in [-0.05, 0) is 89.9 Å². The molecule has 1 N–H and O–H groups in total. The van der Waals surface area contributed by atoms with E-state index in [0.717, 1.165) is 41.7 Å². The largest absolute Gasteiger partial charge is 0.317 e. The first-order valence-corrected chi connectivity index (χ1v) is 12.1. The third-order valence-corrected chi connectivity index (χ3v) is 8.25. The SMILES string of the molecule is O=c1nc2n(c3cccc(Br)c13)-c1ccc(C3CCNCC3)cc1C21CCCCC1. The summed E-state index contributed by atoms with van der Waals surface area (Å²) >= 11 is 3.59. The molecule has 3 aliphatic rings. The third-order valence-electron chi connectivity index (χ3n) is 7.59. The van der Waals surface area contributed by atoms with Crippen molar-refractivity contribution in [3.63, 3.8) is 0 Å². The lowest BCUT2D eigenvalue weighted by atomic mass is 9.69. The van der Waals surface area contributed by atoms with Crippen molar-refractivity contribution in [1.82, 2.24) is 14.9 Å². The van der Waals surface area contributed by atoms with Crippen LogP contribution in [0.25, 0.3) is 16.6 Å². The molecule has 2 aliphatic heterocycles. The minimum Gasteiger partial charge on any atom is -0.317 e. The topological polar surface area (TPSA) is 46.9 Å². The van der Waals surface area contributed by atoms with E-state index in [1.54, 1.807) is 0 Å². The summed E-state index contributed by atoms with van der Waals surface area (Å²) in [6, 6.07) is 13.1. The molecule has 2 aromatic carbocycles. The average molecular weight is 464 g/mol. The fourth-order valence-corrected chi connectivity index (χ4v) is 6.63. The molecule has 0 amide bonds. The van der Waals surface area contributed by atoms with E-state index in [1.807, 2.05) is 12.1 Å². The molecule has 0 atom stereocenters. The van der Waals surface area contributed by atoms with Gasteiger partial charge in [0, 0.05) is 4.47 Å². The molecule has 1 aliphatic carbocycles. The van der Waals surface area contributed by atoms with Crippen LogP contribution in [0, 0.1) is 0 Å². The Hall–Kier alpha value is -1.98. The van der Waals surface area contributed by atoms with Gasteiger partial charge in [-0.2, -0.15) is 4.98 Å². The number of fused-ring (bicyclic) bond motifs is 7. The fraction of sp³-hybridized carbons (Fsp3) is 0.440. The van der Waals surface area contributed by atoms with Crippen molar-refractivity contribution in [2.75, 3.05) is 13.1 Å². The first-order valence-electron chi connectivity index (χ1n) is 11.3. The maximum Gasteiger partial charge on any atom is 0.281 e. The lowest BCUT2D eigenvalue weighted by molar-refractivity contribution is 0.338. The van der Waals surface area contributed by atoms with E-state index in [1.165, 1.54) is 48.9 Å². The summed E-state index contributed by atoms with van der Waals surface area (Å²) in [6.45, 7) is 2.20. The number of halogens is 1. The summed E-state index contributed by atoms with van der Waals surface area (Å²) < 4.78 is 3.11. The molecule has 4 nitrogen and oxygen atoms in total. The molecule has 1 saturated heterocycles. The number of aromatic nitrogens is 2. The molecule has 2 fully saturated rings. The van der Waals surface area contributed by atoms with Crippen LogP contribution in [0.4, 0.5) is 0 Å². The smallest absolute Gasteiger partial charge is 0.281 e. The van der Waals surface area contributed by atoms with Crippen molar-refractivity contribution in [1.29, 1.82) is 0 Å². The van der Waals surface area contributed by atoms with Gasteiger partial charge < -0.3 is 5.32 Å². The molecular weight excluding hydrogens is 438 g/mol. The summed E-state index contributed by atoms with van der Waals surface area (Å²) in [5.41, 5.74) is 4.82. The Bertz CT molecular complexity index is 1200. The third kappa shape index (κ3) is 2.61. The number of benzene rings is 2. The first-order chi connectivity index (χ1) is 14.7. The van der Waals surface area contributed by atoms with Crippen molar-refractivity contribution < 1.29 is 0 Å². The molecule has 30 heavy (non-hydrogen) atoms. The van der Waals surface area contributed by atoms with Gasteiger partial charge in [-0.3, -0.25) is 9.36 Å². The van der Waals surface area contributed by atoms with Gasteiger partial charge in [0.1, 0.15) is 5.82 Å². The average Bonchev–Trinajstić information content (AvgIpc) is 3.04. The summed E-state index contributed by atoms with van der Waals surface area (Å²) in [5, 5.41) is 4.17. The fourth-order valence-electron chi connectivity index (χ4n) is 6.10. The maximum absolute atomic E-state index is 13.1. The van der Waals surface area contributed by atoms with E-state index in [-0.39, 0.29) is 11.0 Å². The summed E-state index contributed by atoms with van der Waals surface area (Å²) in [7, 11) is 0. The van der Waals surface area contributed by atoms with Crippen molar-refractivity contribution in [3.05, 3.63) is 68.2 Å². The predicted molar refractivity (Wildman–Crippen MR) is 124 cm³/mol. The molecule has 0 bridgehead atoms. The van der Waals surface area contributed by atoms with Crippen LogP contribution in [0.15, 0.2) is 45.7 Å². The Balaban J connectivity index is 1.64. The molecule has 3 heterocycles. The van der Waals surface area contributed by atoms with Gasteiger partial charge in [0.15, 0.2) is 0 Å². The molecule has 1 spiro atoms. The highest BCUT2D eigenvalue weighted by molar-refractivity contribution is 9.10. The van der Waals surface area contributed by atoms with E-state index in [4.69, 9.17) is 4.98 Å². The first kappa shape index (κ1) is 18.8. The predicted octanol–water partition coefficient (Wildman–Crippen LogP) is 5.18. The quantitative estimate of drug-likeness (QED) is 0.540. The highest BCUT2D eigenvalue weighted by Gasteiger charge is 2.46. The van der Waals surface area contributed by atoms with E-state index in [9.17, 15) is 4.79 Å². The number of nitrogens with one attached hydrogen (secondary N) is 1. The summed E-state index contributed by atoms with van der Waals surface area (Å²) in [5.74, 6) is 1.59. The van der Waals surface area contributed by atoms with Gasteiger partial charge in [0.25, 0.3) is 5.56 Å². The summed E-state index contributed by atoms with van der Waals surface area (Å²) in [6.07, 6.45) is 8.24. The van der Waals surface area contributed by atoms with E-state index in [2.05, 4.69) is 50.1 Å². The standard InChI is InChI=1S/C25H26BrN3O/c26-19-5-4-6-21-22(19)23(30)28-24-25(11-2-1-3-12-25)18-15-17(7-8-20(18)29(21)24)16-9-13-27-14-10-16/h4-8,15-16,27H,1-3,9-14H2. The highest BCUT2D eigenvalue weighted by Crippen LogP contribution is 2.52. The number of hydrogen-bond acceptors (Lipinski definition) is 3. The number of nitrogens with zero attached hydrogens (tertiary/aromatic N) is 2. The minimum atomic E-state index is -0.119. The minimum absolute atomic E-state index is 0.111. The summed E-state index contributed by atoms with van der Waals surface area (Å²) in [4.78, 5) is 17.8. The lowest BCUT2D eigenvalue weighted by Gasteiger charge is -2.34. The molecule has 6 rings (SSSR count). The zero-order chi connectivity index (χ0) is 20.3. The molecular formula is C25H26BrN3O. The van der Waals surface area contributed by atoms with E-state index >= 15 is 0 Å². The zero-order valence-electron chi connectivity index (χ0n) is 17.1. The Morgan fingerprint density at radius 3 is 2.67 bits per heavy atom. The van der Waals surface area contributed by atoms with Crippen molar-refractivity contribution >= 4 is 26.8 Å². The Labute approximate surface area is 184 Å². The van der Waals surface area contributed by atoms with Crippen LogP contribution in [0.1, 0.15) is 67.8 Å². The normalized spacial score (nSPS) is 20.4. The van der Waals surface area contributed by atoms with Crippen LogP contribution >= 0.6 is 15.9 Å². The second-order valence-corrected chi connectivity index (χ2v) is 10.0. The van der Waals surface area contributed by atoms with Crippen LogP contribution in [-0.2, 0) is 5.41 Å². The van der Waals surface area contributed by atoms with Gasteiger partial charge >= 0.3 is 0 Å². The Kier molecular flexibility index (Phi) is 4.40. The Morgan fingerprint density at radius 1 is 1.07 bits per heavy atom. The second kappa shape index (κ2) is 7.03. The van der Waals surface area contributed by atoms with E-state index in [0.29, 0.717) is 11.3 Å². The molecule has 1 saturated carbocycles. The molecule has 1 aromatic heterocycles. The molecule has 3 aromatic rings. The van der Waals surface area contributed by atoms with Crippen LogP contribution < -0.4 is 10.9 Å². The van der Waals surface area contributed by atoms with Gasteiger partial charge in [-0.25, -0.2) is 0 Å². The molecule has 5 heteroatoms. The monoisotopic (exact) mass is 463 g/mol.